The number of hydrogen-bond donors (Lipinski definition) is 2. The van der Waals surface area contributed by atoms with E-state index in [1.54, 1.807) is 7.11 Å². The summed E-state index contributed by atoms with van der Waals surface area (Å²) in [7, 11) is 1.68. The lowest BCUT2D eigenvalue weighted by Gasteiger charge is -2.21. The van der Waals surface area contributed by atoms with Gasteiger partial charge in [0.25, 0.3) is 0 Å². The molecule has 0 radical (unpaired) electrons. The average molecular weight is 230 g/mol. The summed E-state index contributed by atoms with van der Waals surface area (Å²) in [5, 5.41) is 6.13. The maximum atomic E-state index is 11.5. The Morgan fingerprint density at radius 1 is 1.50 bits per heavy atom. The minimum atomic E-state index is -0.442. The first-order chi connectivity index (χ1) is 7.40. The largest absolute Gasteiger partial charge is 0.444 e. The molecule has 0 bridgehead atoms. The van der Waals surface area contributed by atoms with Crippen molar-refractivity contribution in [1.29, 1.82) is 0 Å². The minimum absolute atomic E-state index is 0.134. The number of hydrogen-bond acceptors (Lipinski definition) is 4. The number of carbonyl (C=O) groups is 1. The highest BCUT2D eigenvalue weighted by Crippen LogP contribution is 2.10. The van der Waals surface area contributed by atoms with Crippen LogP contribution < -0.4 is 10.6 Å². The van der Waals surface area contributed by atoms with Gasteiger partial charge < -0.3 is 20.1 Å². The van der Waals surface area contributed by atoms with Crippen LogP contribution in [0.15, 0.2) is 0 Å². The van der Waals surface area contributed by atoms with E-state index < -0.39 is 5.60 Å². The second-order valence-corrected chi connectivity index (χ2v) is 5.14. The average Bonchev–Trinajstić information content (AvgIpc) is 2.49. The van der Waals surface area contributed by atoms with Crippen LogP contribution in [0.4, 0.5) is 4.79 Å². The van der Waals surface area contributed by atoms with E-state index in [2.05, 4.69) is 10.6 Å². The summed E-state index contributed by atoms with van der Waals surface area (Å²) in [6.45, 7) is 7.01. The van der Waals surface area contributed by atoms with Gasteiger partial charge in [-0.2, -0.15) is 0 Å². The van der Waals surface area contributed by atoms with Gasteiger partial charge >= 0.3 is 6.09 Å². The molecule has 2 atom stereocenters. The van der Waals surface area contributed by atoms with Crippen molar-refractivity contribution in [3.63, 3.8) is 0 Å². The van der Waals surface area contributed by atoms with E-state index >= 15 is 0 Å². The Kier molecular flexibility index (Phi) is 4.56. The summed E-state index contributed by atoms with van der Waals surface area (Å²) < 4.78 is 10.2. The molecule has 0 aromatic rings. The summed E-state index contributed by atoms with van der Waals surface area (Å²) in [4.78, 5) is 11.5. The maximum absolute atomic E-state index is 11.5. The van der Waals surface area contributed by atoms with Crippen LogP contribution in [0.2, 0.25) is 0 Å². The Bertz CT molecular complexity index is 238. The zero-order valence-electron chi connectivity index (χ0n) is 10.5. The first-order valence-electron chi connectivity index (χ1n) is 5.62. The number of alkyl carbamates (subject to hydrolysis) is 1. The Morgan fingerprint density at radius 3 is 2.75 bits per heavy atom. The molecule has 1 aliphatic rings. The van der Waals surface area contributed by atoms with Gasteiger partial charge in [-0.1, -0.05) is 0 Å². The lowest BCUT2D eigenvalue weighted by molar-refractivity contribution is 0.0507. The second-order valence-electron chi connectivity index (χ2n) is 5.14. The molecule has 1 saturated heterocycles. The van der Waals surface area contributed by atoms with Gasteiger partial charge in [-0.25, -0.2) is 4.79 Å². The molecule has 0 spiro atoms. The molecule has 0 saturated carbocycles. The minimum Gasteiger partial charge on any atom is -0.444 e. The van der Waals surface area contributed by atoms with Gasteiger partial charge in [-0.3, -0.25) is 0 Å². The fourth-order valence-electron chi connectivity index (χ4n) is 1.73. The third kappa shape index (κ3) is 4.81. The van der Waals surface area contributed by atoms with E-state index in [-0.39, 0.29) is 12.1 Å². The lowest BCUT2D eigenvalue weighted by atomic mass is 10.2. The standard InChI is InChI=1S/C11H22N2O3/c1-11(2,3)16-10(14)13-8-5-9(7-15-4)12-6-8/h8-9,12H,5-7H2,1-4H3,(H,13,14). The number of rotatable bonds is 3. The van der Waals surface area contributed by atoms with Crippen LogP contribution in [-0.2, 0) is 9.47 Å². The fourth-order valence-corrected chi connectivity index (χ4v) is 1.73. The Hall–Kier alpha value is -0.810. The molecule has 5 heteroatoms. The van der Waals surface area contributed by atoms with Crippen molar-refractivity contribution < 1.29 is 14.3 Å². The fraction of sp³-hybridized carbons (Fsp3) is 0.909. The number of carbonyl (C=O) groups excluding carboxylic acids is 1. The summed E-state index contributed by atoms with van der Waals surface area (Å²) in [5.41, 5.74) is -0.442. The molecule has 94 valence electrons. The topological polar surface area (TPSA) is 59.6 Å². The zero-order valence-corrected chi connectivity index (χ0v) is 10.5. The first kappa shape index (κ1) is 13.3. The molecule has 5 nitrogen and oxygen atoms in total. The second kappa shape index (κ2) is 5.50. The maximum Gasteiger partial charge on any atom is 0.407 e. The van der Waals surface area contributed by atoms with E-state index in [1.807, 2.05) is 20.8 Å². The van der Waals surface area contributed by atoms with E-state index in [1.165, 1.54) is 0 Å². The molecular formula is C11H22N2O3. The quantitative estimate of drug-likeness (QED) is 0.756. The van der Waals surface area contributed by atoms with Crippen LogP contribution in [0.5, 0.6) is 0 Å². The van der Waals surface area contributed by atoms with Crippen molar-refractivity contribution in [1.82, 2.24) is 10.6 Å². The molecule has 1 fully saturated rings. The highest BCUT2D eigenvalue weighted by molar-refractivity contribution is 5.68. The molecule has 1 amide bonds. The third-order valence-corrected chi connectivity index (χ3v) is 2.31. The van der Waals surface area contributed by atoms with Crippen molar-refractivity contribution in [2.45, 2.75) is 44.9 Å². The van der Waals surface area contributed by atoms with Crippen LogP contribution in [0.1, 0.15) is 27.2 Å². The third-order valence-electron chi connectivity index (χ3n) is 2.31. The van der Waals surface area contributed by atoms with Crippen molar-refractivity contribution >= 4 is 6.09 Å². The monoisotopic (exact) mass is 230 g/mol. The molecule has 1 heterocycles. The van der Waals surface area contributed by atoms with E-state index in [0.717, 1.165) is 13.0 Å². The van der Waals surface area contributed by atoms with Crippen LogP contribution >= 0.6 is 0 Å². The van der Waals surface area contributed by atoms with E-state index in [0.29, 0.717) is 12.6 Å². The number of amides is 1. The molecule has 0 aromatic carbocycles. The van der Waals surface area contributed by atoms with E-state index in [9.17, 15) is 4.79 Å². The van der Waals surface area contributed by atoms with Crippen LogP contribution in [-0.4, -0.2) is 44.0 Å². The zero-order chi connectivity index (χ0) is 12.2. The molecular weight excluding hydrogens is 208 g/mol. The summed E-state index contributed by atoms with van der Waals surface area (Å²) in [6.07, 6.45) is 0.532. The first-order valence-corrected chi connectivity index (χ1v) is 5.62. The predicted molar refractivity (Wildman–Crippen MR) is 61.4 cm³/mol. The van der Waals surface area contributed by atoms with Gasteiger partial charge in [0.2, 0.25) is 0 Å². The van der Waals surface area contributed by atoms with Crippen molar-refractivity contribution in [3.8, 4) is 0 Å². The van der Waals surface area contributed by atoms with Crippen molar-refractivity contribution in [3.05, 3.63) is 0 Å². The Labute approximate surface area is 96.9 Å². The normalized spacial score (nSPS) is 25.5. The summed E-state index contributed by atoms with van der Waals surface area (Å²) >= 11 is 0. The Balaban J connectivity index is 2.26. The highest BCUT2D eigenvalue weighted by Gasteiger charge is 2.26. The highest BCUT2D eigenvalue weighted by atomic mass is 16.6. The van der Waals surface area contributed by atoms with Gasteiger partial charge in [0.05, 0.1) is 6.61 Å². The van der Waals surface area contributed by atoms with Gasteiger partial charge in [0.15, 0.2) is 0 Å². The van der Waals surface area contributed by atoms with Gasteiger partial charge in [0, 0.05) is 25.7 Å². The van der Waals surface area contributed by atoms with Crippen molar-refractivity contribution in [2.24, 2.45) is 0 Å². The lowest BCUT2D eigenvalue weighted by Crippen LogP contribution is -2.40. The van der Waals surface area contributed by atoms with Gasteiger partial charge in [-0.05, 0) is 27.2 Å². The summed E-state index contributed by atoms with van der Waals surface area (Å²) in [6, 6.07) is 0.458. The van der Waals surface area contributed by atoms with Crippen LogP contribution in [0.25, 0.3) is 0 Å². The molecule has 1 aliphatic heterocycles. The smallest absolute Gasteiger partial charge is 0.407 e. The number of ether oxygens (including phenoxy) is 2. The molecule has 2 N–H and O–H groups in total. The van der Waals surface area contributed by atoms with Crippen molar-refractivity contribution in [2.75, 3.05) is 20.3 Å². The molecule has 16 heavy (non-hydrogen) atoms. The SMILES string of the molecule is COCC1CC(NC(=O)OC(C)(C)C)CN1. The van der Waals surface area contributed by atoms with Gasteiger partial charge in [0.1, 0.15) is 5.60 Å². The molecule has 0 aromatic heterocycles. The Morgan fingerprint density at radius 2 is 2.19 bits per heavy atom. The van der Waals surface area contributed by atoms with Crippen LogP contribution in [0.3, 0.4) is 0 Å². The predicted octanol–water partition coefficient (Wildman–Crippen LogP) is 0.888. The van der Waals surface area contributed by atoms with E-state index in [4.69, 9.17) is 9.47 Å². The molecule has 0 aliphatic carbocycles. The number of methoxy groups -OCH3 is 1. The summed E-state index contributed by atoms with van der Waals surface area (Å²) in [5.74, 6) is 0. The van der Waals surface area contributed by atoms with Gasteiger partial charge in [-0.15, -0.1) is 0 Å². The molecule has 1 rings (SSSR count). The molecule has 2 unspecified atom stereocenters. The van der Waals surface area contributed by atoms with Crippen LogP contribution in [0, 0.1) is 0 Å². The number of nitrogens with one attached hydrogen (secondary N) is 2.